The third-order valence-corrected chi connectivity index (χ3v) is 7.34. The van der Waals surface area contributed by atoms with E-state index in [1.807, 2.05) is 13.0 Å². The van der Waals surface area contributed by atoms with E-state index in [9.17, 15) is 17.6 Å². The number of ether oxygens (including phenoxy) is 1. The van der Waals surface area contributed by atoms with Crippen LogP contribution in [0.2, 0.25) is 0 Å². The van der Waals surface area contributed by atoms with E-state index >= 15 is 0 Å². The number of aromatic nitrogens is 1. The number of fused-ring (bicyclic) bond motifs is 1. The molecule has 166 valence electrons. The maximum Gasteiger partial charge on any atom is 0.248 e. The van der Waals surface area contributed by atoms with Crippen LogP contribution in [0.3, 0.4) is 0 Å². The summed E-state index contributed by atoms with van der Waals surface area (Å²) in [5, 5.41) is 0. The lowest BCUT2D eigenvalue weighted by molar-refractivity contribution is -0.118. The third-order valence-electron chi connectivity index (χ3n) is 4.61. The molecule has 0 saturated carbocycles. The van der Waals surface area contributed by atoms with Gasteiger partial charge in [-0.1, -0.05) is 47.7 Å². The van der Waals surface area contributed by atoms with Gasteiger partial charge in [-0.2, -0.15) is 4.99 Å². The Hall–Kier alpha value is -2.36. The average molecular weight is 465 g/mol. The molecule has 0 spiro atoms. The molecule has 9 heteroatoms. The summed E-state index contributed by atoms with van der Waals surface area (Å²) in [5.74, 6) is -0.945. The number of carbonyl (C=O) groups is 1. The second kappa shape index (κ2) is 10.8. The van der Waals surface area contributed by atoms with Crippen LogP contribution in [0.1, 0.15) is 25.3 Å². The molecule has 3 rings (SSSR count). The van der Waals surface area contributed by atoms with Crippen molar-refractivity contribution in [1.29, 1.82) is 0 Å². The maximum absolute atomic E-state index is 14.4. The third kappa shape index (κ3) is 6.56. The van der Waals surface area contributed by atoms with Gasteiger partial charge >= 0.3 is 0 Å². The first-order valence-electron chi connectivity index (χ1n) is 10.1. The number of benzene rings is 2. The van der Waals surface area contributed by atoms with Gasteiger partial charge in [-0.3, -0.25) is 4.79 Å². The predicted molar refractivity (Wildman–Crippen MR) is 120 cm³/mol. The number of carbonyl (C=O) groups excluding carboxylic acids is 1. The van der Waals surface area contributed by atoms with E-state index in [4.69, 9.17) is 4.74 Å². The summed E-state index contributed by atoms with van der Waals surface area (Å²) in [5.41, 5.74) is 1.12. The Balaban J connectivity index is 1.70. The number of rotatable bonds is 10. The number of amides is 1. The number of thiazole rings is 1. The molecule has 0 saturated heterocycles. The van der Waals surface area contributed by atoms with Crippen molar-refractivity contribution in [2.45, 2.75) is 32.1 Å². The molecule has 0 unspecified atom stereocenters. The second-order valence-corrected chi connectivity index (χ2v) is 10.2. The number of halogens is 1. The molecule has 0 aliphatic carbocycles. The summed E-state index contributed by atoms with van der Waals surface area (Å²) in [6.07, 6.45) is 0.200. The fourth-order valence-electron chi connectivity index (χ4n) is 3.19. The summed E-state index contributed by atoms with van der Waals surface area (Å²) < 4.78 is 46.7. The monoisotopic (exact) mass is 464 g/mol. The smallest absolute Gasteiger partial charge is 0.248 e. The average Bonchev–Trinajstić information content (AvgIpc) is 3.06. The minimum atomic E-state index is -3.32. The van der Waals surface area contributed by atoms with Crippen molar-refractivity contribution in [2.75, 3.05) is 19.0 Å². The van der Waals surface area contributed by atoms with Crippen molar-refractivity contribution in [3.8, 4) is 0 Å². The molecule has 0 aliphatic rings. The van der Waals surface area contributed by atoms with Crippen LogP contribution in [0, 0.1) is 5.82 Å². The van der Waals surface area contributed by atoms with Crippen molar-refractivity contribution in [2.24, 2.45) is 4.99 Å². The van der Waals surface area contributed by atoms with Gasteiger partial charge in [0.1, 0.15) is 5.82 Å². The molecule has 0 fully saturated rings. The number of hydrogen-bond acceptors (Lipinski definition) is 5. The van der Waals surface area contributed by atoms with E-state index in [1.54, 1.807) is 41.0 Å². The molecule has 31 heavy (non-hydrogen) atoms. The first kappa shape index (κ1) is 23.3. The van der Waals surface area contributed by atoms with Gasteiger partial charge in [0.2, 0.25) is 5.91 Å². The second-order valence-electron chi connectivity index (χ2n) is 7.01. The Labute approximate surface area is 184 Å². The minimum Gasteiger partial charge on any atom is -0.380 e. The molecule has 6 nitrogen and oxygen atoms in total. The molecule has 3 aromatic rings. The fraction of sp³-hybridized carbons (Fsp3) is 0.364. The first-order chi connectivity index (χ1) is 14.9. The van der Waals surface area contributed by atoms with E-state index in [1.165, 1.54) is 17.4 Å². The van der Waals surface area contributed by atoms with Gasteiger partial charge in [0.25, 0.3) is 0 Å². The molecule has 0 aliphatic heterocycles. The Kier molecular flexibility index (Phi) is 8.11. The summed E-state index contributed by atoms with van der Waals surface area (Å²) in [6.45, 7) is 3.15. The molecule has 0 atom stereocenters. The summed E-state index contributed by atoms with van der Waals surface area (Å²) in [6, 6.07) is 13.7. The van der Waals surface area contributed by atoms with Crippen molar-refractivity contribution in [3.63, 3.8) is 0 Å². The van der Waals surface area contributed by atoms with E-state index in [-0.39, 0.29) is 30.2 Å². The van der Waals surface area contributed by atoms with E-state index in [0.717, 1.165) is 5.56 Å². The first-order valence-corrected chi connectivity index (χ1v) is 12.7. The number of sulfone groups is 1. The van der Waals surface area contributed by atoms with E-state index < -0.39 is 15.7 Å². The zero-order chi connectivity index (χ0) is 22.3. The van der Waals surface area contributed by atoms with Crippen LogP contribution in [0.4, 0.5) is 4.39 Å². The largest absolute Gasteiger partial charge is 0.380 e. The Morgan fingerprint density at radius 2 is 1.94 bits per heavy atom. The molecular weight excluding hydrogens is 439 g/mol. The molecule has 1 aromatic heterocycles. The van der Waals surface area contributed by atoms with Gasteiger partial charge < -0.3 is 9.30 Å². The zero-order valence-electron chi connectivity index (χ0n) is 17.3. The Morgan fingerprint density at radius 1 is 1.16 bits per heavy atom. The molecule has 0 bridgehead atoms. The van der Waals surface area contributed by atoms with Crippen molar-refractivity contribution < 1.29 is 22.3 Å². The van der Waals surface area contributed by atoms with Gasteiger partial charge in [0, 0.05) is 19.6 Å². The van der Waals surface area contributed by atoms with Gasteiger partial charge in [-0.15, -0.1) is 0 Å². The highest BCUT2D eigenvalue weighted by Crippen LogP contribution is 2.20. The zero-order valence-corrected chi connectivity index (χ0v) is 18.9. The molecule has 1 heterocycles. The minimum absolute atomic E-state index is 0.0101. The van der Waals surface area contributed by atoms with Crippen LogP contribution < -0.4 is 4.80 Å². The highest BCUT2D eigenvalue weighted by atomic mass is 32.2. The van der Waals surface area contributed by atoms with Crippen LogP contribution >= 0.6 is 11.3 Å². The molecule has 0 N–H and O–H groups in total. The Morgan fingerprint density at radius 3 is 2.68 bits per heavy atom. The quantitative estimate of drug-likeness (QED) is 0.429. The maximum atomic E-state index is 14.4. The SMILES string of the molecule is CCOCCn1c(=NC(=O)CCCS(=O)(=O)Cc2ccccc2)sc2cccc(F)c21. The molecule has 2 aromatic carbocycles. The number of hydrogen-bond donors (Lipinski definition) is 0. The van der Waals surface area contributed by atoms with Crippen LogP contribution in [0.25, 0.3) is 10.2 Å². The molecule has 0 radical (unpaired) electrons. The van der Waals surface area contributed by atoms with Crippen LogP contribution in [0.15, 0.2) is 53.5 Å². The molecule has 1 amide bonds. The van der Waals surface area contributed by atoms with Gasteiger partial charge in [-0.05, 0) is 31.0 Å². The highest BCUT2D eigenvalue weighted by Gasteiger charge is 2.14. The van der Waals surface area contributed by atoms with Gasteiger partial charge in [0.15, 0.2) is 14.6 Å². The topological polar surface area (TPSA) is 77.7 Å². The van der Waals surface area contributed by atoms with E-state index in [2.05, 4.69) is 4.99 Å². The van der Waals surface area contributed by atoms with Gasteiger partial charge in [-0.25, -0.2) is 12.8 Å². The van der Waals surface area contributed by atoms with E-state index in [0.29, 0.717) is 34.8 Å². The normalized spacial score (nSPS) is 12.5. The van der Waals surface area contributed by atoms with Crippen molar-refractivity contribution in [1.82, 2.24) is 4.57 Å². The fourth-order valence-corrected chi connectivity index (χ4v) is 5.70. The Bertz CT molecular complexity index is 1200. The van der Waals surface area contributed by atoms with Crippen molar-refractivity contribution in [3.05, 3.63) is 64.7 Å². The highest BCUT2D eigenvalue weighted by molar-refractivity contribution is 7.90. The summed E-state index contributed by atoms with van der Waals surface area (Å²) in [7, 11) is -3.32. The predicted octanol–water partition coefficient (Wildman–Crippen LogP) is 3.70. The summed E-state index contributed by atoms with van der Waals surface area (Å²) in [4.78, 5) is 16.9. The van der Waals surface area contributed by atoms with Crippen molar-refractivity contribution >= 4 is 37.3 Å². The number of nitrogens with zero attached hydrogens (tertiary/aromatic N) is 2. The van der Waals surface area contributed by atoms with Crippen LogP contribution in [-0.4, -0.2) is 37.9 Å². The lowest BCUT2D eigenvalue weighted by Crippen LogP contribution is -2.20. The molecular formula is C22H25FN2O4S2. The van der Waals surface area contributed by atoms with Crippen LogP contribution in [-0.2, 0) is 31.7 Å². The lowest BCUT2D eigenvalue weighted by Gasteiger charge is -2.06. The summed E-state index contributed by atoms with van der Waals surface area (Å²) >= 11 is 1.23. The van der Waals surface area contributed by atoms with Gasteiger partial charge in [0.05, 0.1) is 28.3 Å². The standard InChI is InChI=1S/C22H25FN2O4S2/c1-2-29-14-13-25-21-18(23)10-6-11-19(21)30-22(25)24-20(26)12-7-15-31(27,28)16-17-8-4-3-5-9-17/h3-6,8-11H,2,7,12-16H2,1H3. The number of para-hydroxylation sites is 1. The van der Waals surface area contributed by atoms with Crippen LogP contribution in [0.5, 0.6) is 0 Å². The lowest BCUT2D eigenvalue weighted by atomic mass is 10.2.